The summed E-state index contributed by atoms with van der Waals surface area (Å²) in [6, 6.07) is 10.0. The van der Waals surface area contributed by atoms with E-state index < -0.39 is 5.97 Å². The van der Waals surface area contributed by atoms with E-state index in [4.69, 9.17) is 16.3 Å². The third-order valence-corrected chi connectivity index (χ3v) is 4.30. The number of ether oxygens (including phenoxy) is 1. The van der Waals surface area contributed by atoms with Crippen LogP contribution in [0.25, 0.3) is 5.52 Å². The van der Waals surface area contributed by atoms with Crippen molar-refractivity contribution in [1.29, 1.82) is 0 Å². The highest BCUT2D eigenvalue weighted by atomic mass is 35.5. The maximum atomic E-state index is 11.7. The number of aromatic nitrogens is 3. The number of halogens is 1. The van der Waals surface area contributed by atoms with Crippen LogP contribution >= 0.6 is 23.4 Å². The van der Waals surface area contributed by atoms with E-state index in [0.29, 0.717) is 15.7 Å². The summed E-state index contributed by atoms with van der Waals surface area (Å²) in [4.78, 5) is 20.1. The predicted octanol–water partition coefficient (Wildman–Crippen LogP) is 3.46. The first-order valence-electron chi connectivity index (χ1n) is 6.47. The van der Waals surface area contributed by atoms with Crippen LogP contribution in [0.5, 0.6) is 0 Å². The average molecular weight is 334 g/mol. The van der Waals surface area contributed by atoms with E-state index in [2.05, 4.69) is 9.97 Å². The molecule has 3 aromatic rings. The summed E-state index contributed by atoms with van der Waals surface area (Å²) < 4.78 is 6.32. The molecule has 7 heteroatoms. The highest BCUT2D eigenvalue weighted by molar-refractivity contribution is 7.98. The number of benzene rings is 1. The average Bonchev–Trinajstić information content (AvgIpc) is 2.97. The van der Waals surface area contributed by atoms with E-state index in [-0.39, 0.29) is 5.82 Å². The van der Waals surface area contributed by atoms with E-state index in [0.717, 1.165) is 5.75 Å². The van der Waals surface area contributed by atoms with E-state index in [9.17, 15) is 4.79 Å². The van der Waals surface area contributed by atoms with Crippen LogP contribution in [-0.2, 0) is 10.5 Å². The largest absolute Gasteiger partial charge is 0.463 e. The number of esters is 1. The van der Waals surface area contributed by atoms with Gasteiger partial charge in [-0.05, 0) is 5.56 Å². The lowest BCUT2D eigenvalue weighted by molar-refractivity contribution is 0.0586. The molecule has 0 N–H and O–H groups in total. The third kappa shape index (κ3) is 2.93. The van der Waals surface area contributed by atoms with Gasteiger partial charge in [0.05, 0.1) is 13.3 Å². The second-order valence-electron chi connectivity index (χ2n) is 4.47. The highest BCUT2D eigenvalue weighted by Crippen LogP contribution is 2.25. The topological polar surface area (TPSA) is 56.5 Å². The van der Waals surface area contributed by atoms with Crippen LogP contribution in [0.15, 0.2) is 47.8 Å². The van der Waals surface area contributed by atoms with Crippen molar-refractivity contribution in [3.05, 3.63) is 59.3 Å². The molecule has 0 spiro atoms. The van der Waals surface area contributed by atoms with Gasteiger partial charge in [0.2, 0.25) is 5.82 Å². The molecule has 0 radical (unpaired) electrons. The smallest absolute Gasteiger partial charge is 0.374 e. The number of imidazole rings is 1. The highest BCUT2D eigenvalue weighted by Gasteiger charge is 2.16. The van der Waals surface area contributed by atoms with E-state index >= 15 is 0 Å². The Morgan fingerprint density at radius 1 is 1.36 bits per heavy atom. The molecule has 2 heterocycles. The molecule has 0 bridgehead atoms. The number of carbonyl (C=O) groups excluding carboxylic acids is 1. The first-order valence-corrected chi connectivity index (χ1v) is 7.84. The fraction of sp³-hybridized carbons (Fsp3) is 0.133. The van der Waals surface area contributed by atoms with Gasteiger partial charge in [0.25, 0.3) is 0 Å². The summed E-state index contributed by atoms with van der Waals surface area (Å²) in [5, 5.41) is 1.02. The Bertz CT molecular complexity index is 820. The lowest BCUT2D eigenvalue weighted by Crippen LogP contribution is -2.07. The van der Waals surface area contributed by atoms with Crippen LogP contribution < -0.4 is 0 Å². The van der Waals surface area contributed by atoms with Crippen LogP contribution in [0.2, 0.25) is 5.15 Å². The van der Waals surface area contributed by atoms with Crippen molar-refractivity contribution in [1.82, 2.24) is 14.4 Å². The summed E-state index contributed by atoms with van der Waals surface area (Å²) in [5.41, 5.74) is 1.76. The fourth-order valence-corrected chi connectivity index (χ4v) is 3.10. The molecule has 5 nitrogen and oxygen atoms in total. The summed E-state index contributed by atoms with van der Waals surface area (Å²) in [6.45, 7) is 0. The number of hydrogen-bond donors (Lipinski definition) is 0. The van der Waals surface area contributed by atoms with E-state index in [1.54, 1.807) is 10.6 Å². The van der Waals surface area contributed by atoms with Crippen molar-refractivity contribution in [3.8, 4) is 0 Å². The van der Waals surface area contributed by atoms with Crippen molar-refractivity contribution in [2.75, 3.05) is 7.11 Å². The molecular weight excluding hydrogens is 322 g/mol. The second kappa shape index (κ2) is 6.37. The quantitative estimate of drug-likeness (QED) is 0.540. The Labute approximate surface area is 136 Å². The van der Waals surface area contributed by atoms with Crippen molar-refractivity contribution in [2.24, 2.45) is 0 Å². The first-order chi connectivity index (χ1) is 10.7. The first kappa shape index (κ1) is 14.9. The molecule has 22 heavy (non-hydrogen) atoms. The molecule has 0 saturated heterocycles. The number of hydrogen-bond acceptors (Lipinski definition) is 5. The Morgan fingerprint density at radius 2 is 2.14 bits per heavy atom. The molecule has 0 aliphatic rings. The van der Waals surface area contributed by atoms with Gasteiger partial charge in [0, 0.05) is 11.9 Å². The van der Waals surface area contributed by atoms with Crippen molar-refractivity contribution >= 4 is 34.8 Å². The molecule has 1 aromatic carbocycles. The Morgan fingerprint density at radius 3 is 2.86 bits per heavy atom. The minimum atomic E-state index is -0.513. The van der Waals surface area contributed by atoms with Crippen LogP contribution in [0.1, 0.15) is 16.2 Å². The van der Waals surface area contributed by atoms with Crippen LogP contribution in [0.4, 0.5) is 0 Å². The van der Waals surface area contributed by atoms with Gasteiger partial charge in [-0.25, -0.2) is 14.8 Å². The van der Waals surface area contributed by atoms with Crippen LogP contribution in [0.3, 0.4) is 0 Å². The molecule has 0 fully saturated rings. The van der Waals surface area contributed by atoms with Gasteiger partial charge >= 0.3 is 5.97 Å². The minimum absolute atomic E-state index is 0.184. The number of fused-ring (bicyclic) bond motifs is 1. The van der Waals surface area contributed by atoms with Crippen molar-refractivity contribution < 1.29 is 9.53 Å². The number of thioether (sulfide) groups is 1. The maximum Gasteiger partial charge on any atom is 0.374 e. The molecule has 0 aliphatic heterocycles. The molecule has 0 atom stereocenters. The van der Waals surface area contributed by atoms with Gasteiger partial charge in [0.15, 0.2) is 5.15 Å². The van der Waals surface area contributed by atoms with Gasteiger partial charge in [-0.15, -0.1) is 11.8 Å². The Hall–Kier alpha value is -2.05. The summed E-state index contributed by atoms with van der Waals surface area (Å²) in [7, 11) is 1.32. The summed E-state index contributed by atoms with van der Waals surface area (Å²) in [6.07, 6.45) is 3.25. The van der Waals surface area contributed by atoms with Crippen molar-refractivity contribution in [2.45, 2.75) is 10.8 Å². The van der Waals surface area contributed by atoms with Gasteiger partial charge in [-0.1, -0.05) is 41.9 Å². The van der Waals surface area contributed by atoms with Crippen LogP contribution in [0, 0.1) is 0 Å². The zero-order valence-electron chi connectivity index (χ0n) is 11.7. The van der Waals surface area contributed by atoms with Crippen molar-refractivity contribution in [3.63, 3.8) is 0 Å². The number of carbonyl (C=O) groups is 1. The second-order valence-corrected chi connectivity index (χ2v) is 5.83. The SMILES string of the molecule is COC(=O)c1ncc2c(Cl)nc(SCc3ccccc3)cn12. The Kier molecular flexibility index (Phi) is 4.31. The molecular formula is C15H12ClN3O2S. The fourth-order valence-electron chi connectivity index (χ4n) is 1.98. The monoisotopic (exact) mass is 333 g/mol. The minimum Gasteiger partial charge on any atom is -0.463 e. The summed E-state index contributed by atoms with van der Waals surface area (Å²) >= 11 is 7.71. The van der Waals surface area contributed by atoms with Gasteiger partial charge in [-0.2, -0.15) is 0 Å². The number of rotatable bonds is 4. The van der Waals surface area contributed by atoms with E-state index in [1.165, 1.54) is 30.6 Å². The molecule has 0 unspecified atom stereocenters. The molecule has 2 aromatic heterocycles. The zero-order valence-corrected chi connectivity index (χ0v) is 13.3. The number of methoxy groups -OCH3 is 1. The van der Waals surface area contributed by atoms with E-state index in [1.807, 2.05) is 30.3 Å². The molecule has 0 aliphatic carbocycles. The van der Waals surface area contributed by atoms with Crippen LogP contribution in [-0.4, -0.2) is 27.4 Å². The predicted molar refractivity (Wildman–Crippen MR) is 85.3 cm³/mol. The number of nitrogens with zero attached hydrogens (tertiary/aromatic N) is 3. The standard InChI is InChI=1S/C15H12ClN3O2S/c1-21-15(20)14-17-7-11-13(16)18-12(8-19(11)14)22-9-10-5-3-2-4-6-10/h2-8H,9H2,1H3. The van der Waals surface area contributed by atoms with Gasteiger partial charge in [0.1, 0.15) is 10.5 Å². The lowest BCUT2D eigenvalue weighted by Gasteiger charge is -2.05. The molecule has 0 amide bonds. The molecule has 3 rings (SSSR count). The lowest BCUT2D eigenvalue weighted by atomic mass is 10.2. The maximum absolute atomic E-state index is 11.7. The molecule has 112 valence electrons. The van der Waals surface area contributed by atoms with Gasteiger partial charge < -0.3 is 4.74 Å². The third-order valence-electron chi connectivity index (χ3n) is 3.05. The summed E-state index contributed by atoms with van der Waals surface area (Å²) in [5.74, 6) is 0.433. The Balaban J connectivity index is 1.92. The zero-order chi connectivity index (χ0) is 15.5. The van der Waals surface area contributed by atoms with Gasteiger partial charge in [-0.3, -0.25) is 4.40 Å². The molecule has 0 saturated carbocycles. The normalized spacial score (nSPS) is 10.8.